The Morgan fingerprint density at radius 2 is 1.53 bits per heavy atom. The molecule has 10 atom stereocenters. The first-order valence-electron chi connectivity index (χ1n) is 14.4. The molecule has 9 unspecified atom stereocenters. The van der Waals surface area contributed by atoms with E-state index in [1.54, 1.807) is 0 Å². The van der Waals surface area contributed by atoms with E-state index in [1.165, 1.54) is 44.9 Å². The van der Waals surface area contributed by atoms with Crippen LogP contribution in [0.1, 0.15) is 126 Å². The van der Waals surface area contributed by atoms with Gasteiger partial charge in [0.15, 0.2) is 0 Å². The summed E-state index contributed by atoms with van der Waals surface area (Å²) in [4.78, 5) is 0. The zero-order chi connectivity index (χ0) is 23.9. The van der Waals surface area contributed by atoms with Gasteiger partial charge in [-0.15, -0.1) is 0 Å². The lowest BCUT2D eigenvalue weighted by Crippen LogP contribution is -2.54. The Labute approximate surface area is 200 Å². The zero-order valence-corrected chi connectivity index (χ0v) is 22.8. The fourth-order valence-electron chi connectivity index (χ4n) is 9.74. The van der Waals surface area contributed by atoms with Crippen molar-refractivity contribution in [3.63, 3.8) is 0 Å². The number of unbranched alkanes of at least 4 members (excludes halogenated alkanes) is 1. The van der Waals surface area contributed by atoms with E-state index in [2.05, 4.69) is 27.7 Å². The van der Waals surface area contributed by atoms with Crippen LogP contribution in [-0.2, 0) is 0 Å². The van der Waals surface area contributed by atoms with Gasteiger partial charge in [0, 0.05) is 0 Å². The van der Waals surface area contributed by atoms with Crippen LogP contribution in [0.4, 0.5) is 0 Å². The highest BCUT2D eigenvalue weighted by Crippen LogP contribution is 2.70. The quantitative estimate of drug-likeness (QED) is 0.420. The van der Waals surface area contributed by atoms with Crippen molar-refractivity contribution in [1.29, 1.82) is 0 Å². The molecule has 0 saturated heterocycles. The molecule has 0 aliphatic heterocycles. The third-order valence-corrected chi connectivity index (χ3v) is 11.4. The molecule has 0 radical (unpaired) electrons. The molecule has 0 bridgehead atoms. The van der Waals surface area contributed by atoms with Gasteiger partial charge in [0.2, 0.25) is 0 Å². The summed E-state index contributed by atoms with van der Waals surface area (Å²) >= 11 is 0. The lowest BCUT2D eigenvalue weighted by Gasteiger charge is -2.61. The number of hydrogen-bond acceptors (Lipinski definition) is 2. The molecule has 0 amide bonds. The van der Waals surface area contributed by atoms with E-state index in [1.807, 2.05) is 27.7 Å². The Hall–Kier alpha value is -0.0800. The third kappa shape index (κ3) is 4.71. The average Bonchev–Trinajstić information content (AvgIpc) is 2.92. The van der Waals surface area contributed by atoms with Crippen molar-refractivity contribution < 1.29 is 10.2 Å². The van der Waals surface area contributed by atoms with Gasteiger partial charge in [0.25, 0.3) is 0 Å². The minimum Gasteiger partial charge on any atom is -0.393 e. The Morgan fingerprint density at radius 3 is 2.19 bits per heavy atom. The number of aliphatic hydroxyl groups excluding tert-OH is 1. The van der Waals surface area contributed by atoms with E-state index < -0.39 is 5.60 Å². The third-order valence-electron chi connectivity index (χ3n) is 11.4. The van der Waals surface area contributed by atoms with Crippen LogP contribution >= 0.6 is 0 Å². The Balaban J connectivity index is 0.00000141. The van der Waals surface area contributed by atoms with Crippen molar-refractivity contribution in [3.8, 4) is 0 Å². The smallest absolute Gasteiger partial charge is 0.0591 e. The van der Waals surface area contributed by atoms with Gasteiger partial charge in [-0.1, -0.05) is 54.4 Å². The van der Waals surface area contributed by atoms with Gasteiger partial charge >= 0.3 is 0 Å². The van der Waals surface area contributed by atoms with Crippen LogP contribution in [0.5, 0.6) is 0 Å². The molecule has 2 heteroatoms. The molecule has 4 aliphatic rings. The maximum Gasteiger partial charge on any atom is 0.0591 e. The van der Waals surface area contributed by atoms with E-state index in [-0.39, 0.29) is 6.10 Å². The monoisotopic (exact) mass is 448 g/mol. The molecule has 4 rings (SSSR count). The normalized spacial score (nSPS) is 48.2. The van der Waals surface area contributed by atoms with E-state index in [4.69, 9.17) is 0 Å². The van der Waals surface area contributed by atoms with Crippen LogP contribution in [0.15, 0.2) is 0 Å². The van der Waals surface area contributed by atoms with Crippen molar-refractivity contribution in [1.82, 2.24) is 0 Å². The van der Waals surface area contributed by atoms with Crippen molar-refractivity contribution in [3.05, 3.63) is 0 Å². The summed E-state index contributed by atoms with van der Waals surface area (Å²) < 4.78 is 0. The Bertz CT molecular complexity index is 608. The highest BCUT2D eigenvalue weighted by Gasteiger charge is 2.63. The predicted molar refractivity (Wildman–Crippen MR) is 136 cm³/mol. The van der Waals surface area contributed by atoms with Crippen LogP contribution in [0.25, 0.3) is 0 Å². The molecule has 0 spiro atoms. The summed E-state index contributed by atoms with van der Waals surface area (Å²) in [5, 5.41) is 20.4. The Kier molecular flexibility index (Phi) is 8.19. The van der Waals surface area contributed by atoms with Gasteiger partial charge in [0.05, 0.1) is 11.7 Å². The highest BCUT2D eigenvalue weighted by atomic mass is 16.3. The Morgan fingerprint density at radius 1 is 0.875 bits per heavy atom. The zero-order valence-electron chi connectivity index (χ0n) is 22.8. The number of fused-ring (bicyclic) bond motifs is 5. The highest BCUT2D eigenvalue weighted by molar-refractivity contribution is 5.12. The molecule has 4 fully saturated rings. The second-order valence-electron chi connectivity index (χ2n) is 13.4. The molecule has 0 aromatic carbocycles. The fraction of sp³-hybridized carbons (Fsp3) is 1.00. The average molecular weight is 449 g/mol. The largest absolute Gasteiger partial charge is 0.393 e. The summed E-state index contributed by atoms with van der Waals surface area (Å²) in [6.07, 6.45) is 13.7. The second-order valence-corrected chi connectivity index (χ2v) is 13.4. The van der Waals surface area contributed by atoms with E-state index in [0.717, 1.165) is 67.1 Å². The lowest BCUT2D eigenvalue weighted by molar-refractivity contribution is -0.132. The van der Waals surface area contributed by atoms with Gasteiger partial charge in [-0.3, -0.25) is 0 Å². The maximum absolute atomic E-state index is 10.3. The van der Waals surface area contributed by atoms with Gasteiger partial charge in [-0.05, 0) is 124 Å². The molecule has 0 aromatic heterocycles. The lowest BCUT2D eigenvalue weighted by atomic mass is 9.44. The molecule has 4 aliphatic carbocycles. The van der Waals surface area contributed by atoms with Crippen molar-refractivity contribution in [2.75, 3.05) is 0 Å². The van der Waals surface area contributed by atoms with Crippen LogP contribution in [0, 0.1) is 52.3 Å². The molecule has 4 saturated carbocycles. The topological polar surface area (TPSA) is 40.5 Å². The number of rotatable bonds is 5. The van der Waals surface area contributed by atoms with Gasteiger partial charge in [0.1, 0.15) is 0 Å². The predicted octanol–water partition coefficient (Wildman–Crippen LogP) is 7.86. The van der Waals surface area contributed by atoms with Crippen LogP contribution in [0.2, 0.25) is 0 Å². The van der Waals surface area contributed by atoms with Crippen LogP contribution in [0.3, 0.4) is 0 Å². The van der Waals surface area contributed by atoms with E-state index in [0.29, 0.717) is 10.8 Å². The van der Waals surface area contributed by atoms with Crippen LogP contribution < -0.4 is 0 Å². The SMILES string of the molecule is CC.CC1C(CCCCC(C)(C)O)C2(C)CCC3C(CCC4CC(O)CCC43C)C2[C@@H]1C. The molecule has 2 nitrogen and oxygen atoms in total. The number of aliphatic hydroxyl groups is 2. The molecular formula is C30H56O2. The second kappa shape index (κ2) is 9.88. The summed E-state index contributed by atoms with van der Waals surface area (Å²) in [6.45, 7) is 18.3. The van der Waals surface area contributed by atoms with Crippen molar-refractivity contribution in [2.45, 2.75) is 138 Å². The first-order valence-corrected chi connectivity index (χ1v) is 14.4. The first-order chi connectivity index (χ1) is 15.0. The first kappa shape index (κ1) is 26.5. The minimum atomic E-state index is -0.513. The molecule has 188 valence electrons. The molecule has 0 heterocycles. The maximum atomic E-state index is 10.3. The van der Waals surface area contributed by atoms with E-state index >= 15 is 0 Å². The molecule has 0 aromatic rings. The van der Waals surface area contributed by atoms with Gasteiger partial charge < -0.3 is 10.2 Å². The van der Waals surface area contributed by atoms with Crippen LogP contribution in [-0.4, -0.2) is 21.9 Å². The van der Waals surface area contributed by atoms with Crippen molar-refractivity contribution in [2.24, 2.45) is 52.3 Å². The molecular weight excluding hydrogens is 392 g/mol. The number of hydrogen-bond donors (Lipinski definition) is 2. The summed E-state index contributed by atoms with van der Waals surface area (Å²) in [5.74, 6) is 6.01. The summed E-state index contributed by atoms with van der Waals surface area (Å²) in [5.41, 5.74) is 0.490. The van der Waals surface area contributed by atoms with E-state index in [9.17, 15) is 10.2 Å². The standard InChI is InChI=1S/C28H50O2.C2H6/c1-18-19(2)25-22-11-10-20-17-21(29)12-15-27(20,5)24(22)13-16-28(25,6)23(18)9-7-8-14-26(3,4)30;1-2/h18-25,29-30H,7-17H2,1-6H3;1-2H3/t18?,19-,20?,21?,22?,23?,24?,25?,27?,28?;/m1./s1. The van der Waals surface area contributed by atoms with Gasteiger partial charge in [-0.25, -0.2) is 0 Å². The minimum absolute atomic E-state index is 0.0350. The summed E-state index contributed by atoms with van der Waals surface area (Å²) in [7, 11) is 0. The fourth-order valence-corrected chi connectivity index (χ4v) is 9.74. The summed E-state index contributed by atoms with van der Waals surface area (Å²) in [6, 6.07) is 0. The van der Waals surface area contributed by atoms with Crippen molar-refractivity contribution >= 4 is 0 Å². The molecule has 2 N–H and O–H groups in total. The van der Waals surface area contributed by atoms with Gasteiger partial charge in [-0.2, -0.15) is 0 Å². The molecule has 32 heavy (non-hydrogen) atoms.